The maximum Gasteiger partial charge on any atom is 0.321 e. The highest BCUT2D eigenvalue weighted by atomic mass is 32.1. The van der Waals surface area contributed by atoms with Crippen molar-refractivity contribution in [3.05, 3.63) is 40.4 Å². The minimum Gasteiger partial charge on any atom is -0.366 e. The summed E-state index contributed by atoms with van der Waals surface area (Å²) in [6.07, 6.45) is 2.31. The number of amides is 3. The van der Waals surface area contributed by atoms with Crippen molar-refractivity contribution in [3.63, 3.8) is 0 Å². The van der Waals surface area contributed by atoms with E-state index in [1.54, 1.807) is 24.3 Å². The summed E-state index contributed by atoms with van der Waals surface area (Å²) in [7, 11) is 0. The van der Waals surface area contributed by atoms with Crippen LogP contribution in [-0.4, -0.2) is 22.1 Å². The number of hydrogen-bond acceptors (Lipinski definition) is 5. The van der Waals surface area contributed by atoms with Crippen LogP contribution in [0.5, 0.6) is 0 Å². The fourth-order valence-electron chi connectivity index (χ4n) is 1.89. The van der Waals surface area contributed by atoms with Gasteiger partial charge in [-0.25, -0.2) is 4.79 Å². The number of carbonyl (C=O) groups excluding carboxylic acids is 2. The molecule has 1 aromatic carbocycles. The van der Waals surface area contributed by atoms with Crippen LogP contribution in [0.1, 0.15) is 39.7 Å². The Hall–Kier alpha value is -2.48. The van der Waals surface area contributed by atoms with Crippen LogP contribution in [0.4, 0.5) is 9.93 Å². The highest BCUT2D eigenvalue weighted by molar-refractivity contribution is 7.15. The van der Waals surface area contributed by atoms with Gasteiger partial charge < -0.3 is 11.1 Å². The van der Waals surface area contributed by atoms with Crippen molar-refractivity contribution >= 4 is 28.4 Å². The Balaban J connectivity index is 1.49. The summed E-state index contributed by atoms with van der Waals surface area (Å²) in [5.74, 6) is 0.0554. The van der Waals surface area contributed by atoms with Crippen LogP contribution in [0.2, 0.25) is 0 Å². The minimum absolute atomic E-state index is 0.336. The summed E-state index contributed by atoms with van der Waals surface area (Å²) in [4.78, 5) is 22.8. The molecule has 2 aromatic rings. The first-order chi connectivity index (χ1) is 10.6. The maximum absolute atomic E-state index is 11.8. The van der Waals surface area contributed by atoms with Crippen molar-refractivity contribution in [2.75, 3.05) is 5.32 Å². The van der Waals surface area contributed by atoms with Crippen LogP contribution >= 0.6 is 11.3 Å². The van der Waals surface area contributed by atoms with Gasteiger partial charge in [-0.1, -0.05) is 23.5 Å². The lowest BCUT2D eigenvalue weighted by Crippen LogP contribution is -2.28. The third-order valence-corrected chi connectivity index (χ3v) is 4.28. The number of nitrogens with two attached hydrogens (primary N) is 1. The summed E-state index contributed by atoms with van der Waals surface area (Å²) < 4.78 is 0. The lowest BCUT2D eigenvalue weighted by Gasteiger charge is -2.05. The van der Waals surface area contributed by atoms with Gasteiger partial charge in [-0.05, 0) is 30.5 Å². The molecule has 0 atom stereocenters. The first kappa shape index (κ1) is 14.5. The molecule has 1 heterocycles. The van der Waals surface area contributed by atoms with E-state index in [1.165, 1.54) is 11.3 Å². The number of anilines is 1. The molecule has 1 aliphatic carbocycles. The number of aromatic nitrogens is 2. The second kappa shape index (κ2) is 6.10. The molecule has 1 fully saturated rings. The largest absolute Gasteiger partial charge is 0.366 e. The summed E-state index contributed by atoms with van der Waals surface area (Å²) in [5, 5.41) is 14.9. The molecule has 4 N–H and O–H groups in total. The van der Waals surface area contributed by atoms with Crippen molar-refractivity contribution < 1.29 is 9.59 Å². The van der Waals surface area contributed by atoms with E-state index in [0.29, 0.717) is 23.2 Å². The highest BCUT2D eigenvalue weighted by Crippen LogP contribution is 2.41. The normalized spacial score (nSPS) is 13.6. The molecule has 1 aliphatic rings. The molecule has 3 rings (SSSR count). The zero-order valence-electron chi connectivity index (χ0n) is 11.7. The highest BCUT2D eigenvalue weighted by Gasteiger charge is 2.27. The third kappa shape index (κ3) is 3.59. The van der Waals surface area contributed by atoms with Gasteiger partial charge in [0.25, 0.3) is 0 Å². The second-order valence-corrected chi connectivity index (χ2v) is 6.10. The van der Waals surface area contributed by atoms with E-state index >= 15 is 0 Å². The smallest absolute Gasteiger partial charge is 0.321 e. The Morgan fingerprint density at radius 3 is 2.59 bits per heavy atom. The predicted octanol–water partition coefficient (Wildman–Crippen LogP) is 1.84. The molecular weight excluding hydrogens is 302 g/mol. The lowest BCUT2D eigenvalue weighted by molar-refractivity contribution is 0.1000. The van der Waals surface area contributed by atoms with Crippen LogP contribution in [-0.2, 0) is 6.54 Å². The molecule has 1 saturated carbocycles. The zero-order valence-corrected chi connectivity index (χ0v) is 12.5. The van der Waals surface area contributed by atoms with Gasteiger partial charge in [0.15, 0.2) is 0 Å². The Kier molecular flexibility index (Phi) is 4.01. The molecule has 3 amide bonds. The van der Waals surface area contributed by atoms with Gasteiger partial charge in [-0.2, -0.15) is 0 Å². The molecule has 8 heteroatoms. The van der Waals surface area contributed by atoms with Crippen LogP contribution in [0.3, 0.4) is 0 Å². The average Bonchev–Trinajstić information content (AvgIpc) is 3.26. The van der Waals surface area contributed by atoms with Crippen molar-refractivity contribution in [1.29, 1.82) is 0 Å². The summed E-state index contributed by atoms with van der Waals surface area (Å²) >= 11 is 1.41. The van der Waals surface area contributed by atoms with Crippen molar-refractivity contribution in [2.24, 2.45) is 5.73 Å². The van der Waals surface area contributed by atoms with Gasteiger partial charge in [0.2, 0.25) is 11.0 Å². The Labute approximate surface area is 130 Å². The predicted molar refractivity (Wildman–Crippen MR) is 82.7 cm³/mol. The topological polar surface area (TPSA) is 110 Å². The standard InChI is InChI=1S/C14H15N5O2S/c15-11(20)9-3-1-8(2-4-9)7-16-13(21)17-14-19-18-12(22-14)10-5-6-10/h1-4,10H,5-7H2,(H2,15,20)(H2,16,17,19,21). The molecule has 1 aromatic heterocycles. The van der Waals surface area contributed by atoms with E-state index in [1.807, 2.05) is 0 Å². The molecule has 22 heavy (non-hydrogen) atoms. The van der Waals surface area contributed by atoms with Crippen molar-refractivity contribution in [2.45, 2.75) is 25.3 Å². The second-order valence-electron chi connectivity index (χ2n) is 5.09. The lowest BCUT2D eigenvalue weighted by atomic mass is 10.1. The number of primary amides is 1. The number of rotatable bonds is 5. The van der Waals surface area contributed by atoms with Gasteiger partial charge in [-0.15, -0.1) is 10.2 Å². The monoisotopic (exact) mass is 317 g/mol. The van der Waals surface area contributed by atoms with Gasteiger partial charge in [0.05, 0.1) is 0 Å². The summed E-state index contributed by atoms with van der Waals surface area (Å²) in [6, 6.07) is 6.42. The molecule has 0 bridgehead atoms. The van der Waals surface area contributed by atoms with Gasteiger partial charge in [-0.3, -0.25) is 10.1 Å². The molecule has 0 radical (unpaired) electrons. The van der Waals surface area contributed by atoms with Gasteiger partial charge in [0, 0.05) is 18.0 Å². The van der Waals surface area contributed by atoms with E-state index in [9.17, 15) is 9.59 Å². The Bertz CT molecular complexity index is 694. The number of benzene rings is 1. The Morgan fingerprint density at radius 1 is 1.23 bits per heavy atom. The van der Waals surface area contributed by atoms with Crippen molar-refractivity contribution in [1.82, 2.24) is 15.5 Å². The first-order valence-corrected chi connectivity index (χ1v) is 7.70. The van der Waals surface area contributed by atoms with Gasteiger partial charge in [0.1, 0.15) is 5.01 Å². The number of nitrogens with one attached hydrogen (secondary N) is 2. The number of nitrogens with zero attached hydrogens (tertiary/aromatic N) is 2. The number of urea groups is 1. The van der Waals surface area contributed by atoms with Crippen LogP contribution in [0.25, 0.3) is 0 Å². The summed E-state index contributed by atoms with van der Waals surface area (Å²) in [5.41, 5.74) is 6.48. The average molecular weight is 317 g/mol. The zero-order chi connectivity index (χ0) is 15.5. The third-order valence-electron chi connectivity index (χ3n) is 3.28. The van der Waals surface area contributed by atoms with E-state index < -0.39 is 5.91 Å². The van der Waals surface area contributed by atoms with E-state index in [4.69, 9.17) is 5.73 Å². The number of carbonyl (C=O) groups is 2. The van der Waals surface area contributed by atoms with E-state index in [2.05, 4.69) is 20.8 Å². The minimum atomic E-state index is -0.472. The molecular formula is C14H15N5O2S. The molecule has 7 nitrogen and oxygen atoms in total. The van der Waals surface area contributed by atoms with Crippen LogP contribution < -0.4 is 16.4 Å². The molecule has 0 aliphatic heterocycles. The van der Waals surface area contributed by atoms with E-state index in [-0.39, 0.29) is 6.03 Å². The molecule has 0 spiro atoms. The molecule has 0 saturated heterocycles. The van der Waals surface area contributed by atoms with Crippen molar-refractivity contribution in [3.8, 4) is 0 Å². The quantitative estimate of drug-likeness (QED) is 0.781. The van der Waals surface area contributed by atoms with E-state index in [0.717, 1.165) is 23.4 Å². The molecule has 0 unspecified atom stereocenters. The Morgan fingerprint density at radius 2 is 1.95 bits per heavy atom. The maximum atomic E-state index is 11.8. The van der Waals surface area contributed by atoms with Gasteiger partial charge >= 0.3 is 6.03 Å². The SMILES string of the molecule is NC(=O)c1ccc(CNC(=O)Nc2nnc(C3CC3)s2)cc1. The fraction of sp³-hybridized carbons (Fsp3) is 0.286. The summed E-state index contributed by atoms with van der Waals surface area (Å²) in [6.45, 7) is 0.346. The van der Waals surface area contributed by atoms with Crippen LogP contribution in [0.15, 0.2) is 24.3 Å². The fourth-order valence-corrected chi connectivity index (χ4v) is 2.80. The molecule has 114 valence electrons. The first-order valence-electron chi connectivity index (χ1n) is 6.89. The van der Waals surface area contributed by atoms with Crippen LogP contribution in [0, 0.1) is 0 Å². The number of hydrogen-bond donors (Lipinski definition) is 3.